The molecule has 3 aromatic carbocycles. The van der Waals surface area contributed by atoms with Crippen LogP contribution in [-0.2, 0) is 17.8 Å². The maximum absolute atomic E-state index is 12.2. The largest absolute Gasteiger partial charge is 0.497 e. The van der Waals surface area contributed by atoms with Crippen LogP contribution >= 0.6 is 11.6 Å². The number of fused-ring (bicyclic) bond motifs is 1. The molecule has 1 N–H and O–H groups in total. The summed E-state index contributed by atoms with van der Waals surface area (Å²) in [7, 11) is 1.63. The Labute approximate surface area is 203 Å². The predicted octanol–water partition coefficient (Wildman–Crippen LogP) is 4.52. The summed E-state index contributed by atoms with van der Waals surface area (Å²) in [5.41, 5.74) is 1.94. The molecule has 0 atom stereocenters. The number of nitrogens with one attached hydrogen (secondary N) is 1. The first-order valence-corrected chi connectivity index (χ1v) is 11.4. The predicted molar refractivity (Wildman–Crippen MR) is 132 cm³/mol. The first-order chi connectivity index (χ1) is 16.6. The van der Waals surface area contributed by atoms with Crippen LogP contribution in [-0.4, -0.2) is 42.3 Å². The molecule has 0 aliphatic heterocycles. The van der Waals surface area contributed by atoms with Gasteiger partial charge in [0.15, 0.2) is 6.61 Å². The lowest BCUT2D eigenvalue weighted by Crippen LogP contribution is -2.31. The van der Waals surface area contributed by atoms with E-state index in [1.807, 2.05) is 48.5 Å². The number of hydrogen-bond donors (Lipinski definition) is 1. The van der Waals surface area contributed by atoms with Crippen molar-refractivity contribution in [3.05, 3.63) is 83.6 Å². The molecule has 4 rings (SSSR count). The Morgan fingerprint density at radius 3 is 2.59 bits per heavy atom. The van der Waals surface area contributed by atoms with Gasteiger partial charge in [0.05, 0.1) is 24.7 Å². The highest BCUT2D eigenvalue weighted by molar-refractivity contribution is 6.30. The number of methoxy groups -OCH3 is 1. The number of carbonyl (C=O) groups is 1. The van der Waals surface area contributed by atoms with E-state index in [0.717, 1.165) is 28.4 Å². The van der Waals surface area contributed by atoms with Crippen molar-refractivity contribution in [1.82, 2.24) is 14.9 Å². The van der Waals surface area contributed by atoms with E-state index in [1.54, 1.807) is 31.4 Å². The van der Waals surface area contributed by atoms with Gasteiger partial charge in [0.25, 0.3) is 5.91 Å². The maximum Gasteiger partial charge on any atom is 0.257 e. The van der Waals surface area contributed by atoms with E-state index in [1.165, 1.54) is 0 Å². The van der Waals surface area contributed by atoms with Crippen LogP contribution < -0.4 is 19.5 Å². The molecule has 0 aliphatic rings. The third-order valence-electron chi connectivity index (χ3n) is 5.21. The van der Waals surface area contributed by atoms with Gasteiger partial charge in [-0.3, -0.25) is 4.79 Å². The topological polar surface area (TPSA) is 74.6 Å². The Bertz CT molecular complexity index is 1240. The first kappa shape index (κ1) is 23.4. The third kappa shape index (κ3) is 6.20. The first-order valence-electron chi connectivity index (χ1n) is 11.0. The second-order valence-corrected chi connectivity index (χ2v) is 7.97. The van der Waals surface area contributed by atoms with Crippen molar-refractivity contribution in [2.75, 3.05) is 26.9 Å². The Kier molecular flexibility index (Phi) is 7.88. The van der Waals surface area contributed by atoms with E-state index >= 15 is 0 Å². The number of rotatable bonds is 11. The summed E-state index contributed by atoms with van der Waals surface area (Å²) in [6.07, 6.45) is 0.584. The van der Waals surface area contributed by atoms with Gasteiger partial charge in [-0.2, -0.15) is 0 Å². The fourth-order valence-corrected chi connectivity index (χ4v) is 3.68. The molecule has 1 aromatic heterocycles. The zero-order valence-electron chi connectivity index (χ0n) is 18.9. The van der Waals surface area contributed by atoms with Gasteiger partial charge in [-0.25, -0.2) is 4.98 Å². The fraction of sp³-hybridized carbons (Fsp3) is 0.231. The van der Waals surface area contributed by atoms with Gasteiger partial charge in [0, 0.05) is 24.1 Å². The summed E-state index contributed by atoms with van der Waals surface area (Å²) in [4.78, 5) is 16.9. The molecule has 7 nitrogen and oxygen atoms in total. The molecule has 1 amide bonds. The molecule has 34 heavy (non-hydrogen) atoms. The number of amides is 1. The van der Waals surface area contributed by atoms with Crippen molar-refractivity contribution < 1.29 is 19.0 Å². The normalized spacial score (nSPS) is 10.8. The number of para-hydroxylation sites is 2. The van der Waals surface area contributed by atoms with Crippen LogP contribution in [0.25, 0.3) is 11.0 Å². The van der Waals surface area contributed by atoms with E-state index in [2.05, 4.69) is 9.88 Å². The summed E-state index contributed by atoms with van der Waals surface area (Å²) >= 11 is 5.86. The van der Waals surface area contributed by atoms with Gasteiger partial charge >= 0.3 is 0 Å². The molecule has 8 heteroatoms. The molecular weight excluding hydrogens is 454 g/mol. The minimum Gasteiger partial charge on any atom is -0.497 e. The van der Waals surface area contributed by atoms with Gasteiger partial charge in [0.2, 0.25) is 0 Å². The summed E-state index contributed by atoms with van der Waals surface area (Å²) < 4.78 is 18.8. The molecule has 1 heterocycles. The van der Waals surface area contributed by atoms with Gasteiger partial charge in [-0.05, 0) is 48.5 Å². The van der Waals surface area contributed by atoms with E-state index in [9.17, 15) is 4.79 Å². The Morgan fingerprint density at radius 2 is 1.76 bits per heavy atom. The quantitative estimate of drug-likeness (QED) is 0.342. The molecule has 0 fully saturated rings. The average molecular weight is 480 g/mol. The number of carbonyl (C=O) groups excluding carboxylic acids is 1. The van der Waals surface area contributed by atoms with E-state index in [4.69, 9.17) is 30.8 Å². The Balaban J connectivity index is 1.33. The smallest absolute Gasteiger partial charge is 0.257 e. The molecule has 0 saturated heterocycles. The number of benzene rings is 3. The highest BCUT2D eigenvalue weighted by atomic mass is 35.5. The lowest BCUT2D eigenvalue weighted by Gasteiger charge is -2.12. The van der Waals surface area contributed by atoms with Crippen molar-refractivity contribution >= 4 is 28.5 Å². The van der Waals surface area contributed by atoms with Crippen LogP contribution in [0.15, 0.2) is 72.8 Å². The molecule has 0 bridgehead atoms. The van der Waals surface area contributed by atoms with Gasteiger partial charge < -0.3 is 24.1 Å². The summed E-state index contributed by atoms with van der Waals surface area (Å²) in [5, 5.41) is 3.51. The maximum atomic E-state index is 12.2. The minimum absolute atomic E-state index is 0.0631. The zero-order valence-corrected chi connectivity index (χ0v) is 19.6. The van der Waals surface area contributed by atoms with Crippen molar-refractivity contribution in [3.63, 3.8) is 0 Å². The van der Waals surface area contributed by atoms with Crippen LogP contribution in [0.2, 0.25) is 5.02 Å². The number of nitrogens with zero attached hydrogens (tertiary/aromatic N) is 2. The number of imidazole rings is 1. The van der Waals surface area contributed by atoms with Crippen molar-refractivity contribution in [1.29, 1.82) is 0 Å². The highest BCUT2D eigenvalue weighted by Gasteiger charge is 2.11. The van der Waals surface area contributed by atoms with Crippen LogP contribution in [0.4, 0.5) is 0 Å². The van der Waals surface area contributed by atoms with E-state index < -0.39 is 0 Å². The molecule has 0 radical (unpaired) electrons. The Hall–Kier alpha value is -3.71. The van der Waals surface area contributed by atoms with E-state index in [-0.39, 0.29) is 12.5 Å². The SMILES string of the molecule is COc1cccc(OCCn2c(CCNC(=O)COc3ccc(Cl)cc3)nc3ccccc32)c1. The van der Waals surface area contributed by atoms with E-state index in [0.29, 0.717) is 36.9 Å². The van der Waals surface area contributed by atoms with Gasteiger partial charge in [-0.15, -0.1) is 0 Å². The Morgan fingerprint density at radius 1 is 0.971 bits per heavy atom. The lowest BCUT2D eigenvalue weighted by molar-refractivity contribution is -0.123. The second kappa shape index (κ2) is 11.4. The molecule has 0 aliphatic carbocycles. The van der Waals surface area contributed by atoms with Gasteiger partial charge in [0.1, 0.15) is 29.7 Å². The minimum atomic E-state index is -0.195. The molecule has 176 valence electrons. The van der Waals surface area contributed by atoms with Crippen molar-refractivity contribution in [2.45, 2.75) is 13.0 Å². The van der Waals surface area contributed by atoms with Gasteiger partial charge in [-0.1, -0.05) is 29.8 Å². The summed E-state index contributed by atoms with van der Waals surface area (Å²) in [6.45, 7) is 1.48. The van der Waals surface area contributed by atoms with Crippen molar-refractivity contribution in [3.8, 4) is 17.2 Å². The fourth-order valence-electron chi connectivity index (χ4n) is 3.56. The monoisotopic (exact) mass is 479 g/mol. The zero-order chi connectivity index (χ0) is 23.8. The number of aromatic nitrogens is 2. The number of hydrogen-bond acceptors (Lipinski definition) is 5. The standard InChI is InChI=1S/C26H26ClN3O4/c1-32-21-5-4-6-22(17-21)33-16-15-30-24-8-3-2-7-23(24)29-25(30)13-14-28-26(31)18-34-20-11-9-19(27)10-12-20/h2-12,17H,13-16,18H2,1H3,(H,28,31). The summed E-state index contributed by atoms with van der Waals surface area (Å²) in [6, 6.07) is 22.4. The number of halogens is 1. The van der Waals surface area contributed by atoms with Crippen LogP contribution in [0.1, 0.15) is 5.82 Å². The molecule has 4 aromatic rings. The summed E-state index contributed by atoms with van der Waals surface area (Å²) in [5.74, 6) is 2.78. The second-order valence-electron chi connectivity index (χ2n) is 7.54. The highest BCUT2D eigenvalue weighted by Crippen LogP contribution is 2.20. The molecule has 0 spiro atoms. The van der Waals surface area contributed by atoms with Crippen molar-refractivity contribution in [2.24, 2.45) is 0 Å². The average Bonchev–Trinajstić information content (AvgIpc) is 3.21. The van der Waals surface area contributed by atoms with Crippen LogP contribution in [0, 0.1) is 0 Å². The molecule has 0 unspecified atom stereocenters. The molecular formula is C26H26ClN3O4. The third-order valence-corrected chi connectivity index (χ3v) is 5.46. The van der Waals surface area contributed by atoms with Crippen LogP contribution in [0.3, 0.4) is 0 Å². The lowest BCUT2D eigenvalue weighted by atomic mass is 10.3. The number of ether oxygens (including phenoxy) is 3. The molecule has 0 saturated carbocycles. The van der Waals surface area contributed by atoms with Crippen LogP contribution in [0.5, 0.6) is 17.2 Å².